The molecule has 2 N–H and O–H groups in total. The molecule has 6 rings (SSSR count). The first-order valence-electron chi connectivity index (χ1n) is 14.1. The van der Waals surface area contributed by atoms with Crippen molar-refractivity contribution < 1.29 is 19.1 Å². The molecule has 3 heterocycles. The molecule has 5 fully saturated rings. The molecule has 0 unspecified atom stereocenters. The number of nitrogens with zero attached hydrogens (tertiary/aromatic N) is 3. The van der Waals surface area contributed by atoms with Crippen molar-refractivity contribution in [3.63, 3.8) is 0 Å². The Morgan fingerprint density at radius 3 is 2.35 bits per heavy atom. The number of likely N-dealkylation sites (N-methyl/N-ethyl adjacent to an activating group) is 1. The molecule has 2 amide bonds. The largest absolute Gasteiger partial charge is 0.369 e. The van der Waals surface area contributed by atoms with Crippen LogP contribution in [-0.4, -0.2) is 104 Å². The highest BCUT2D eigenvalue weighted by molar-refractivity contribution is 5.99. The highest BCUT2D eigenvalue weighted by atomic mass is 16.5. The molecule has 2 aliphatic carbocycles. The monoisotopic (exact) mass is 509 g/mol. The molecule has 37 heavy (non-hydrogen) atoms. The molecule has 0 bridgehead atoms. The second-order valence-electron chi connectivity index (χ2n) is 11.4. The number of amides is 2. The number of carbonyl (C=O) groups is 3. The topological polar surface area (TPSA) is 94.2 Å². The Bertz CT molecular complexity index is 1010. The Kier molecular flexibility index (Phi) is 6.94. The summed E-state index contributed by atoms with van der Waals surface area (Å²) in [5.74, 6) is -0.355. The van der Waals surface area contributed by atoms with Gasteiger partial charge in [0, 0.05) is 50.0 Å². The molecule has 200 valence electrons. The van der Waals surface area contributed by atoms with Crippen LogP contribution < -0.4 is 15.5 Å². The van der Waals surface area contributed by atoms with E-state index in [2.05, 4.69) is 20.4 Å². The van der Waals surface area contributed by atoms with E-state index in [1.165, 1.54) is 12.8 Å². The van der Waals surface area contributed by atoms with Gasteiger partial charge < -0.3 is 25.2 Å². The maximum Gasteiger partial charge on any atom is 0.251 e. The van der Waals surface area contributed by atoms with Gasteiger partial charge in [0.15, 0.2) is 5.78 Å². The third-order valence-electron chi connectivity index (χ3n) is 9.13. The minimum absolute atomic E-state index is 0.0414. The van der Waals surface area contributed by atoms with Gasteiger partial charge in [0.1, 0.15) is 24.8 Å². The van der Waals surface area contributed by atoms with Crippen LogP contribution in [0.1, 0.15) is 48.9 Å². The van der Waals surface area contributed by atoms with Gasteiger partial charge in [-0.15, -0.1) is 0 Å². The number of fused-ring (bicyclic) bond motifs is 1. The van der Waals surface area contributed by atoms with Crippen molar-refractivity contribution in [2.24, 2.45) is 5.92 Å². The van der Waals surface area contributed by atoms with Gasteiger partial charge in [-0.05, 0) is 62.9 Å². The molecule has 1 aromatic carbocycles. The van der Waals surface area contributed by atoms with Crippen molar-refractivity contribution in [2.45, 2.75) is 68.8 Å². The number of rotatable bonds is 7. The van der Waals surface area contributed by atoms with Crippen molar-refractivity contribution in [2.75, 3.05) is 51.3 Å². The van der Waals surface area contributed by atoms with Gasteiger partial charge in [-0.3, -0.25) is 19.3 Å². The van der Waals surface area contributed by atoms with Crippen molar-refractivity contribution in [1.82, 2.24) is 20.4 Å². The Hall–Kier alpha value is -2.49. The van der Waals surface area contributed by atoms with Crippen molar-refractivity contribution in [3.05, 3.63) is 29.8 Å². The van der Waals surface area contributed by atoms with E-state index < -0.39 is 12.1 Å². The third-order valence-corrected chi connectivity index (χ3v) is 9.13. The summed E-state index contributed by atoms with van der Waals surface area (Å²) in [6.07, 6.45) is 6.29. The molecule has 0 radical (unpaired) electrons. The summed E-state index contributed by atoms with van der Waals surface area (Å²) in [5, 5.41) is 6.27. The van der Waals surface area contributed by atoms with Crippen LogP contribution in [-0.2, 0) is 14.3 Å². The van der Waals surface area contributed by atoms with Gasteiger partial charge in [0.05, 0.1) is 6.04 Å². The van der Waals surface area contributed by atoms with Crippen LogP contribution in [0, 0.1) is 5.92 Å². The molecular weight excluding hydrogens is 470 g/mol. The molecule has 5 aliphatic rings. The number of carbonyl (C=O) groups excluding carboxylic acids is 3. The fourth-order valence-corrected chi connectivity index (χ4v) is 6.82. The van der Waals surface area contributed by atoms with Crippen LogP contribution in [0.5, 0.6) is 0 Å². The fraction of sp³-hybridized carbons (Fsp3) is 0.679. The number of anilines is 1. The molecular formula is C28H39N5O4. The van der Waals surface area contributed by atoms with E-state index in [0.717, 1.165) is 63.6 Å². The highest BCUT2D eigenvalue weighted by Gasteiger charge is 2.53. The van der Waals surface area contributed by atoms with Crippen LogP contribution in [0.3, 0.4) is 0 Å². The van der Waals surface area contributed by atoms with E-state index in [1.807, 2.05) is 31.3 Å². The number of ketones is 1. The average molecular weight is 510 g/mol. The van der Waals surface area contributed by atoms with E-state index in [4.69, 9.17) is 4.74 Å². The van der Waals surface area contributed by atoms with Crippen LogP contribution in [0.15, 0.2) is 24.3 Å². The van der Waals surface area contributed by atoms with Gasteiger partial charge in [-0.1, -0.05) is 12.8 Å². The smallest absolute Gasteiger partial charge is 0.251 e. The molecule has 9 nitrogen and oxygen atoms in total. The van der Waals surface area contributed by atoms with E-state index in [9.17, 15) is 14.4 Å². The summed E-state index contributed by atoms with van der Waals surface area (Å²) in [5.41, 5.74) is 1.69. The lowest BCUT2D eigenvalue weighted by Crippen LogP contribution is -2.54. The standard InChI is InChI=1S/C28H39N5O4/c1-29-22-16-33(25-23(34)17-37-26(22)25)28(36)24(18-4-2-3-5-18)30-27(35)19-6-8-20(9-7-19)31-12-14-32(15-13-31)21-10-11-21/h6-9,18,21-22,24-26,29H,2-5,10-17H2,1H3,(H,30,35)/t22-,24-,25+,26+/m0/s1. The first-order valence-corrected chi connectivity index (χ1v) is 14.1. The summed E-state index contributed by atoms with van der Waals surface area (Å²) >= 11 is 0. The van der Waals surface area contributed by atoms with E-state index in [0.29, 0.717) is 12.1 Å². The molecule has 2 saturated carbocycles. The summed E-state index contributed by atoms with van der Waals surface area (Å²) in [7, 11) is 1.83. The van der Waals surface area contributed by atoms with Crippen LogP contribution >= 0.6 is 0 Å². The second-order valence-corrected chi connectivity index (χ2v) is 11.4. The number of hydrogen-bond donors (Lipinski definition) is 2. The Morgan fingerprint density at radius 2 is 1.70 bits per heavy atom. The Balaban J connectivity index is 1.13. The maximum absolute atomic E-state index is 13.9. The van der Waals surface area contributed by atoms with Crippen molar-refractivity contribution in [1.29, 1.82) is 0 Å². The Labute approximate surface area is 218 Å². The summed E-state index contributed by atoms with van der Waals surface area (Å²) in [6, 6.07) is 7.30. The number of Topliss-reactive ketones (excluding diaryl/α,β-unsaturated/α-hetero) is 1. The lowest BCUT2D eigenvalue weighted by molar-refractivity contribution is -0.139. The number of nitrogens with one attached hydrogen (secondary N) is 2. The molecule has 1 aromatic rings. The zero-order valence-electron chi connectivity index (χ0n) is 21.7. The summed E-state index contributed by atoms with van der Waals surface area (Å²) in [4.78, 5) is 46.4. The van der Waals surface area contributed by atoms with Crippen LogP contribution in [0.25, 0.3) is 0 Å². The second kappa shape index (κ2) is 10.3. The number of hydrogen-bond acceptors (Lipinski definition) is 7. The molecule has 9 heteroatoms. The van der Waals surface area contributed by atoms with Gasteiger partial charge >= 0.3 is 0 Å². The zero-order valence-corrected chi connectivity index (χ0v) is 21.7. The number of ether oxygens (including phenoxy) is 1. The average Bonchev–Trinajstić information content (AvgIpc) is 3.32. The SMILES string of the molecule is CN[C@H]1CN(C(=O)[C@@H](NC(=O)c2ccc(N3CCN(C4CC4)CC3)cc2)C2CCCC2)[C@@H]2C(=O)CO[C@H]12. The highest BCUT2D eigenvalue weighted by Crippen LogP contribution is 2.33. The third kappa shape index (κ3) is 4.89. The van der Waals surface area contributed by atoms with Crippen molar-refractivity contribution >= 4 is 23.3 Å². The number of benzene rings is 1. The lowest BCUT2D eigenvalue weighted by atomic mass is 9.95. The predicted octanol–water partition coefficient (Wildman–Crippen LogP) is 1.03. The minimum atomic E-state index is -0.630. The van der Waals surface area contributed by atoms with Crippen LogP contribution in [0.2, 0.25) is 0 Å². The first-order chi connectivity index (χ1) is 18.0. The summed E-state index contributed by atoms with van der Waals surface area (Å²) < 4.78 is 5.71. The van der Waals surface area contributed by atoms with Gasteiger partial charge in [0.2, 0.25) is 5.91 Å². The number of piperazine rings is 1. The lowest BCUT2D eigenvalue weighted by Gasteiger charge is -2.36. The fourth-order valence-electron chi connectivity index (χ4n) is 6.82. The van der Waals surface area contributed by atoms with E-state index >= 15 is 0 Å². The number of likely N-dealkylation sites (tertiary alicyclic amines) is 1. The minimum Gasteiger partial charge on any atom is -0.369 e. The van der Waals surface area contributed by atoms with Gasteiger partial charge in [0.25, 0.3) is 5.91 Å². The molecule has 4 atom stereocenters. The normalized spacial score (nSPS) is 29.5. The zero-order chi connectivity index (χ0) is 25.5. The van der Waals surface area contributed by atoms with Gasteiger partial charge in [-0.2, -0.15) is 0 Å². The van der Waals surface area contributed by atoms with Crippen molar-refractivity contribution in [3.8, 4) is 0 Å². The maximum atomic E-state index is 13.9. The van der Waals surface area contributed by atoms with E-state index in [1.54, 1.807) is 4.90 Å². The quantitative estimate of drug-likeness (QED) is 0.567. The first kappa shape index (κ1) is 24.8. The van der Waals surface area contributed by atoms with E-state index in [-0.39, 0.29) is 42.3 Å². The van der Waals surface area contributed by atoms with Crippen LogP contribution in [0.4, 0.5) is 5.69 Å². The molecule has 3 saturated heterocycles. The molecule has 3 aliphatic heterocycles. The van der Waals surface area contributed by atoms with Gasteiger partial charge in [-0.25, -0.2) is 0 Å². The Morgan fingerprint density at radius 1 is 1.00 bits per heavy atom. The predicted molar refractivity (Wildman–Crippen MR) is 140 cm³/mol. The summed E-state index contributed by atoms with van der Waals surface area (Å²) in [6.45, 7) is 4.66. The molecule has 0 spiro atoms. The molecule has 0 aromatic heterocycles.